The smallest absolute Gasteiger partial charge is 0.341 e. The molecule has 1 fully saturated rings. The summed E-state index contributed by atoms with van der Waals surface area (Å²) in [5, 5.41) is 3.32. The molecule has 0 bridgehead atoms. The van der Waals surface area contributed by atoms with Gasteiger partial charge in [-0.05, 0) is 36.8 Å². The molecule has 0 amide bonds. The molecule has 0 atom stereocenters. The third kappa shape index (κ3) is 3.71. The molecule has 1 aromatic rings. The van der Waals surface area contributed by atoms with Crippen LogP contribution >= 0.6 is 0 Å². The molecule has 0 aromatic carbocycles. The Kier molecular flexibility index (Phi) is 5.39. The van der Waals surface area contributed by atoms with E-state index >= 15 is 0 Å². The van der Waals surface area contributed by atoms with Gasteiger partial charge in [0.2, 0.25) is 0 Å². The number of carbonyl (C=O) groups excluding carboxylic acids is 1. The number of hydrogen-bond acceptors (Lipinski definition) is 4. The van der Waals surface area contributed by atoms with Crippen LogP contribution in [0.3, 0.4) is 0 Å². The molecule has 1 aliphatic rings. The number of carbonyl (C=O) groups is 1. The maximum absolute atomic E-state index is 11.7. The molecule has 1 aliphatic carbocycles. The minimum Gasteiger partial charge on any atom is -0.465 e. The zero-order valence-corrected chi connectivity index (χ0v) is 12.4. The van der Waals surface area contributed by atoms with Gasteiger partial charge in [0.15, 0.2) is 0 Å². The monoisotopic (exact) mass is 276 g/mol. The largest absolute Gasteiger partial charge is 0.465 e. The summed E-state index contributed by atoms with van der Waals surface area (Å²) in [5.74, 6) is 1.89. The predicted octanol–water partition coefficient (Wildman–Crippen LogP) is 3.50. The van der Waals surface area contributed by atoms with Gasteiger partial charge in [0.25, 0.3) is 0 Å². The Morgan fingerprint density at radius 2 is 2.05 bits per heavy atom. The number of hydrogen-bond donors (Lipinski definition) is 1. The Balaban J connectivity index is 1.90. The Bertz CT molecular complexity index is 440. The van der Waals surface area contributed by atoms with E-state index in [0.717, 1.165) is 12.5 Å². The van der Waals surface area contributed by atoms with E-state index in [4.69, 9.17) is 4.74 Å². The van der Waals surface area contributed by atoms with E-state index < -0.39 is 0 Å². The zero-order valence-electron chi connectivity index (χ0n) is 12.4. The third-order valence-corrected chi connectivity index (χ3v) is 4.31. The topological polar surface area (TPSA) is 51.2 Å². The van der Waals surface area contributed by atoms with Crippen LogP contribution in [0.5, 0.6) is 0 Å². The van der Waals surface area contributed by atoms with E-state index in [-0.39, 0.29) is 5.97 Å². The number of methoxy groups -OCH3 is 1. The molecule has 0 aliphatic heterocycles. The van der Waals surface area contributed by atoms with Crippen molar-refractivity contribution >= 4 is 11.8 Å². The highest BCUT2D eigenvalue weighted by atomic mass is 16.5. The van der Waals surface area contributed by atoms with Crippen molar-refractivity contribution in [2.24, 2.45) is 11.8 Å². The summed E-state index contributed by atoms with van der Waals surface area (Å²) in [6.07, 6.45) is 8.19. The lowest BCUT2D eigenvalue weighted by Gasteiger charge is -2.28. The molecule has 20 heavy (non-hydrogen) atoms. The van der Waals surface area contributed by atoms with Gasteiger partial charge in [-0.3, -0.25) is 0 Å². The molecule has 0 saturated heterocycles. The van der Waals surface area contributed by atoms with E-state index in [2.05, 4.69) is 17.2 Å². The van der Waals surface area contributed by atoms with Gasteiger partial charge in [0, 0.05) is 12.7 Å². The molecule has 4 nitrogen and oxygen atoms in total. The normalized spacial score (nSPS) is 22.3. The second-order valence-corrected chi connectivity index (χ2v) is 5.57. The Morgan fingerprint density at radius 1 is 1.35 bits per heavy atom. The summed E-state index contributed by atoms with van der Waals surface area (Å²) in [6.45, 7) is 3.16. The van der Waals surface area contributed by atoms with E-state index in [1.54, 1.807) is 18.3 Å². The van der Waals surface area contributed by atoms with Crippen molar-refractivity contribution in [3.8, 4) is 0 Å². The lowest BCUT2D eigenvalue weighted by atomic mass is 9.81. The van der Waals surface area contributed by atoms with Crippen LogP contribution in [0.25, 0.3) is 0 Å². The highest BCUT2D eigenvalue weighted by molar-refractivity contribution is 5.94. The zero-order chi connectivity index (χ0) is 14.4. The number of ether oxygens (including phenoxy) is 1. The quantitative estimate of drug-likeness (QED) is 0.836. The van der Waals surface area contributed by atoms with E-state index in [1.807, 2.05) is 0 Å². The highest BCUT2D eigenvalue weighted by Crippen LogP contribution is 2.30. The molecule has 1 heterocycles. The van der Waals surface area contributed by atoms with Crippen LogP contribution in [0.1, 0.15) is 49.4 Å². The standard InChI is InChI=1S/C16H24N2O2/c1-3-12-6-8-13(9-7-12)11-18-15-14(16(19)20-2)5-4-10-17-15/h4-5,10,12-13H,3,6-9,11H2,1-2H3,(H,17,18). The summed E-state index contributed by atoms with van der Waals surface area (Å²) in [6, 6.07) is 3.50. The van der Waals surface area contributed by atoms with Crippen molar-refractivity contribution < 1.29 is 9.53 Å². The summed E-state index contributed by atoms with van der Waals surface area (Å²) in [5.41, 5.74) is 0.511. The first-order valence-electron chi connectivity index (χ1n) is 7.51. The van der Waals surface area contributed by atoms with Crippen LogP contribution in [0.2, 0.25) is 0 Å². The van der Waals surface area contributed by atoms with Gasteiger partial charge in [0.05, 0.1) is 7.11 Å². The molecular weight excluding hydrogens is 252 g/mol. The molecule has 0 unspecified atom stereocenters. The second kappa shape index (κ2) is 7.27. The van der Waals surface area contributed by atoms with Gasteiger partial charge in [-0.15, -0.1) is 0 Å². The van der Waals surface area contributed by atoms with Crippen molar-refractivity contribution in [3.63, 3.8) is 0 Å². The Hall–Kier alpha value is -1.58. The van der Waals surface area contributed by atoms with Gasteiger partial charge in [0.1, 0.15) is 11.4 Å². The highest BCUT2D eigenvalue weighted by Gasteiger charge is 2.20. The van der Waals surface area contributed by atoms with Gasteiger partial charge in [-0.1, -0.05) is 26.2 Å². The van der Waals surface area contributed by atoms with Crippen LogP contribution in [0, 0.1) is 11.8 Å². The fourth-order valence-electron chi connectivity index (χ4n) is 2.91. The van der Waals surface area contributed by atoms with E-state index in [0.29, 0.717) is 17.3 Å². The van der Waals surface area contributed by atoms with Crippen LogP contribution in [0.4, 0.5) is 5.82 Å². The SMILES string of the molecule is CCC1CCC(CNc2ncccc2C(=O)OC)CC1. The molecule has 0 spiro atoms. The second-order valence-electron chi connectivity index (χ2n) is 5.57. The third-order valence-electron chi connectivity index (χ3n) is 4.31. The Morgan fingerprint density at radius 3 is 2.70 bits per heavy atom. The van der Waals surface area contributed by atoms with Crippen molar-refractivity contribution in [2.75, 3.05) is 19.0 Å². The number of aromatic nitrogens is 1. The minimum absolute atomic E-state index is 0.338. The van der Waals surface area contributed by atoms with Gasteiger partial charge >= 0.3 is 5.97 Å². The number of nitrogens with one attached hydrogen (secondary N) is 1. The number of esters is 1. The van der Waals surface area contributed by atoms with Crippen molar-refractivity contribution in [2.45, 2.75) is 39.0 Å². The average Bonchev–Trinajstić information content (AvgIpc) is 2.53. The van der Waals surface area contributed by atoms with Crippen LogP contribution in [-0.2, 0) is 4.74 Å². The first kappa shape index (κ1) is 14.8. The number of nitrogens with zero attached hydrogens (tertiary/aromatic N) is 1. The van der Waals surface area contributed by atoms with Crippen LogP contribution in [0.15, 0.2) is 18.3 Å². The Labute approximate surface area is 120 Å². The fourth-order valence-corrected chi connectivity index (χ4v) is 2.91. The van der Waals surface area contributed by atoms with Gasteiger partial charge < -0.3 is 10.1 Å². The number of anilines is 1. The van der Waals surface area contributed by atoms with E-state index in [1.165, 1.54) is 39.2 Å². The predicted molar refractivity (Wildman–Crippen MR) is 79.8 cm³/mol. The lowest BCUT2D eigenvalue weighted by molar-refractivity contribution is 0.0601. The van der Waals surface area contributed by atoms with Crippen molar-refractivity contribution in [1.29, 1.82) is 0 Å². The first-order valence-corrected chi connectivity index (χ1v) is 7.51. The molecular formula is C16H24N2O2. The summed E-state index contributed by atoms with van der Waals surface area (Å²) >= 11 is 0. The summed E-state index contributed by atoms with van der Waals surface area (Å²) in [4.78, 5) is 15.9. The molecule has 110 valence electrons. The lowest BCUT2D eigenvalue weighted by Crippen LogP contribution is -2.22. The molecule has 1 N–H and O–H groups in total. The number of pyridine rings is 1. The maximum Gasteiger partial charge on any atom is 0.341 e. The summed E-state index contributed by atoms with van der Waals surface area (Å²) in [7, 11) is 1.39. The molecule has 0 radical (unpaired) electrons. The number of rotatable bonds is 5. The first-order chi connectivity index (χ1) is 9.74. The van der Waals surface area contributed by atoms with Crippen LogP contribution in [-0.4, -0.2) is 24.6 Å². The van der Waals surface area contributed by atoms with Gasteiger partial charge in [-0.25, -0.2) is 9.78 Å². The molecule has 2 rings (SSSR count). The minimum atomic E-state index is -0.338. The fraction of sp³-hybridized carbons (Fsp3) is 0.625. The summed E-state index contributed by atoms with van der Waals surface area (Å²) < 4.78 is 4.78. The molecule has 1 aromatic heterocycles. The molecule has 4 heteroatoms. The van der Waals surface area contributed by atoms with Crippen molar-refractivity contribution in [1.82, 2.24) is 4.98 Å². The maximum atomic E-state index is 11.7. The molecule has 1 saturated carbocycles. The van der Waals surface area contributed by atoms with Crippen LogP contribution < -0.4 is 5.32 Å². The average molecular weight is 276 g/mol. The van der Waals surface area contributed by atoms with E-state index in [9.17, 15) is 4.79 Å². The van der Waals surface area contributed by atoms with Crippen molar-refractivity contribution in [3.05, 3.63) is 23.9 Å². The van der Waals surface area contributed by atoms with Gasteiger partial charge in [-0.2, -0.15) is 0 Å².